The molecule has 2 atom stereocenters. The molecule has 0 saturated heterocycles. The van der Waals surface area contributed by atoms with Gasteiger partial charge in [0.15, 0.2) is 0 Å². The maximum Gasteiger partial charge on any atom is 0.229 e. The van der Waals surface area contributed by atoms with E-state index in [1.165, 1.54) is 0 Å². The van der Waals surface area contributed by atoms with Gasteiger partial charge in [-0.2, -0.15) is 0 Å². The molecule has 22 heavy (non-hydrogen) atoms. The van der Waals surface area contributed by atoms with Crippen LogP contribution >= 0.6 is 0 Å². The zero-order valence-electron chi connectivity index (χ0n) is 12.6. The molecule has 0 aromatic heterocycles. The number of benzene rings is 1. The minimum Gasteiger partial charge on any atom is -0.491 e. The van der Waals surface area contributed by atoms with E-state index in [0.717, 1.165) is 17.7 Å². The minimum absolute atomic E-state index is 0.0260. The van der Waals surface area contributed by atoms with Gasteiger partial charge in [-0.1, -0.05) is 19.1 Å². The lowest BCUT2D eigenvalue weighted by atomic mass is 9.91. The number of ether oxygens (including phenoxy) is 1. The molecule has 0 saturated carbocycles. The van der Waals surface area contributed by atoms with Crippen LogP contribution in [0, 0.1) is 0 Å². The molecule has 0 bridgehead atoms. The van der Waals surface area contributed by atoms with Crippen molar-refractivity contribution in [3.63, 3.8) is 0 Å². The van der Waals surface area contributed by atoms with Gasteiger partial charge in [-0.05, 0) is 24.6 Å². The molecular formula is C17H20N2O3. The Hall–Kier alpha value is -2.14. The highest BCUT2D eigenvalue weighted by atomic mass is 16.5. The third kappa shape index (κ3) is 2.90. The first-order chi connectivity index (χ1) is 10.6. The maximum atomic E-state index is 11.5. The maximum absolute atomic E-state index is 11.5. The van der Waals surface area contributed by atoms with E-state index in [9.17, 15) is 9.90 Å². The Morgan fingerprint density at radius 3 is 3.09 bits per heavy atom. The fraction of sp³-hybridized carbons (Fsp3) is 0.412. The summed E-state index contributed by atoms with van der Waals surface area (Å²) < 4.78 is 5.74. The van der Waals surface area contributed by atoms with Crippen molar-refractivity contribution < 1.29 is 14.6 Å². The van der Waals surface area contributed by atoms with Crippen LogP contribution in [0.4, 0.5) is 5.69 Å². The Morgan fingerprint density at radius 1 is 1.50 bits per heavy atom. The van der Waals surface area contributed by atoms with Gasteiger partial charge in [-0.15, -0.1) is 0 Å². The van der Waals surface area contributed by atoms with Crippen LogP contribution in [0.1, 0.15) is 25.3 Å². The molecule has 3 rings (SSSR count). The summed E-state index contributed by atoms with van der Waals surface area (Å²) in [6.45, 7) is 2.25. The van der Waals surface area contributed by atoms with E-state index in [2.05, 4.69) is 17.2 Å². The summed E-state index contributed by atoms with van der Waals surface area (Å²) >= 11 is 0. The number of aliphatic hydroxyl groups is 1. The topological polar surface area (TPSA) is 70.9 Å². The van der Waals surface area contributed by atoms with Crippen LogP contribution < -0.4 is 10.1 Å². The summed E-state index contributed by atoms with van der Waals surface area (Å²) in [6.07, 6.45) is 6.81. The van der Waals surface area contributed by atoms with Crippen molar-refractivity contribution >= 4 is 17.8 Å². The number of allylic oxidation sites excluding steroid dienone is 1. The second kappa shape index (κ2) is 5.93. The molecule has 2 unspecified atom stereocenters. The molecule has 1 aromatic rings. The summed E-state index contributed by atoms with van der Waals surface area (Å²) in [5.41, 5.74) is 1.35. The molecule has 5 nitrogen and oxygen atoms in total. The van der Waals surface area contributed by atoms with Crippen molar-refractivity contribution in [2.45, 2.75) is 37.8 Å². The Morgan fingerprint density at radius 2 is 2.36 bits per heavy atom. The molecule has 1 aromatic carbocycles. The number of carbonyl (C=O) groups excluding carboxylic acids is 1. The van der Waals surface area contributed by atoms with E-state index in [1.54, 1.807) is 6.21 Å². The molecule has 2 aliphatic heterocycles. The standard InChI is InChI=1S/C17H20N2O3/c1-2-17(7-4-8-18-17)10-12(20)11-22-15-6-3-5-14-13(15)9-16(21)19-14/h3-8,12,20H,2,9-11H2,1H3,(H,19,21). The van der Waals surface area contributed by atoms with Crippen molar-refractivity contribution in [1.29, 1.82) is 0 Å². The SMILES string of the molecule is CCC1(CC(O)COc2cccc3c2CC(=O)N3)C=CC=N1. The van der Waals surface area contributed by atoms with Crippen LogP contribution in [0.15, 0.2) is 35.3 Å². The van der Waals surface area contributed by atoms with Gasteiger partial charge in [-0.25, -0.2) is 0 Å². The predicted molar refractivity (Wildman–Crippen MR) is 85.5 cm³/mol. The average molecular weight is 300 g/mol. The monoisotopic (exact) mass is 300 g/mol. The van der Waals surface area contributed by atoms with E-state index in [0.29, 0.717) is 18.6 Å². The summed E-state index contributed by atoms with van der Waals surface area (Å²) in [5, 5.41) is 13.0. The summed E-state index contributed by atoms with van der Waals surface area (Å²) in [5.74, 6) is 0.632. The van der Waals surface area contributed by atoms with Crippen LogP contribution in [-0.4, -0.2) is 35.5 Å². The van der Waals surface area contributed by atoms with Gasteiger partial charge in [0.05, 0.1) is 18.1 Å². The number of amides is 1. The lowest BCUT2D eigenvalue weighted by Gasteiger charge is -2.25. The predicted octanol–water partition coefficient (Wildman–Crippen LogP) is 2.10. The van der Waals surface area contributed by atoms with Crippen molar-refractivity contribution in [3.05, 3.63) is 35.9 Å². The van der Waals surface area contributed by atoms with Crippen LogP contribution in [0.2, 0.25) is 0 Å². The summed E-state index contributed by atoms with van der Waals surface area (Å²) in [4.78, 5) is 15.9. The van der Waals surface area contributed by atoms with Crippen LogP contribution in [-0.2, 0) is 11.2 Å². The highest BCUT2D eigenvalue weighted by Crippen LogP contribution is 2.32. The van der Waals surface area contributed by atoms with E-state index < -0.39 is 6.10 Å². The first kappa shape index (κ1) is 14.8. The van der Waals surface area contributed by atoms with Crippen molar-refractivity contribution in [3.8, 4) is 5.75 Å². The molecule has 2 aliphatic rings. The average Bonchev–Trinajstić information content (AvgIpc) is 3.11. The second-order valence-corrected chi connectivity index (χ2v) is 5.77. The molecule has 0 aliphatic carbocycles. The van der Waals surface area contributed by atoms with Crippen LogP contribution in [0.25, 0.3) is 0 Å². The third-order valence-electron chi connectivity index (χ3n) is 4.20. The largest absolute Gasteiger partial charge is 0.491 e. The molecule has 116 valence electrons. The Kier molecular flexibility index (Phi) is 3.98. The van der Waals surface area contributed by atoms with E-state index in [1.807, 2.05) is 30.4 Å². The quantitative estimate of drug-likeness (QED) is 0.845. The van der Waals surface area contributed by atoms with E-state index in [4.69, 9.17) is 4.74 Å². The molecule has 1 amide bonds. The lowest BCUT2D eigenvalue weighted by Crippen LogP contribution is -2.31. The first-order valence-electron chi connectivity index (χ1n) is 7.57. The number of fused-ring (bicyclic) bond motifs is 1. The first-order valence-corrected chi connectivity index (χ1v) is 7.57. The number of nitrogens with one attached hydrogen (secondary N) is 1. The van der Waals surface area contributed by atoms with Gasteiger partial charge in [0.25, 0.3) is 0 Å². The van der Waals surface area contributed by atoms with Gasteiger partial charge in [-0.3, -0.25) is 9.79 Å². The molecule has 0 radical (unpaired) electrons. The van der Waals surface area contributed by atoms with Gasteiger partial charge >= 0.3 is 0 Å². The Labute approximate surface area is 129 Å². The van der Waals surface area contributed by atoms with Crippen molar-refractivity contribution in [1.82, 2.24) is 0 Å². The number of aliphatic imine (C=N–C) groups is 1. The van der Waals surface area contributed by atoms with Gasteiger partial charge in [0.2, 0.25) is 5.91 Å². The number of aliphatic hydroxyl groups excluding tert-OH is 1. The molecular weight excluding hydrogens is 280 g/mol. The van der Waals surface area contributed by atoms with Crippen molar-refractivity contribution in [2.24, 2.45) is 4.99 Å². The number of nitrogens with zero attached hydrogens (tertiary/aromatic N) is 1. The number of carbonyl (C=O) groups is 1. The summed E-state index contributed by atoms with van der Waals surface area (Å²) in [6, 6.07) is 5.52. The van der Waals surface area contributed by atoms with Gasteiger partial charge < -0.3 is 15.2 Å². The van der Waals surface area contributed by atoms with Gasteiger partial charge in [0.1, 0.15) is 12.4 Å². The molecule has 5 heteroatoms. The smallest absolute Gasteiger partial charge is 0.229 e. The van der Waals surface area contributed by atoms with E-state index >= 15 is 0 Å². The van der Waals surface area contributed by atoms with Crippen LogP contribution in [0.5, 0.6) is 5.75 Å². The third-order valence-corrected chi connectivity index (χ3v) is 4.20. The molecule has 2 heterocycles. The summed E-state index contributed by atoms with van der Waals surface area (Å²) in [7, 11) is 0. The Bertz CT molecular complexity index is 625. The number of hydrogen-bond donors (Lipinski definition) is 2. The van der Waals surface area contributed by atoms with Crippen molar-refractivity contribution in [2.75, 3.05) is 11.9 Å². The molecule has 2 N–H and O–H groups in total. The number of anilines is 1. The fourth-order valence-corrected chi connectivity index (χ4v) is 2.94. The fourth-order valence-electron chi connectivity index (χ4n) is 2.94. The zero-order chi connectivity index (χ0) is 15.6. The number of rotatable bonds is 6. The zero-order valence-corrected chi connectivity index (χ0v) is 12.6. The lowest BCUT2D eigenvalue weighted by molar-refractivity contribution is -0.115. The van der Waals surface area contributed by atoms with Gasteiger partial charge in [0, 0.05) is 23.9 Å². The van der Waals surface area contributed by atoms with E-state index in [-0.39, 0.29) is 18.1 Å². The highest BCUT2D eigenvalue weighted by molar-refractivity contribution is 6.00. The van der Waals surface area contributed by atoms with Crippen LogP contribution in [0.3, 0.4) is 0 Å². The Balaban J connectivity index is 1.62. The minimum atomic E-state index is -0.610. The normalized spacial score (nSPS) is 23.5. The number of hydrogen-bond acceptors (Lipinski definition) is 4. The molecule has 0 spiro atoms. The molecule has 0 fully saturated rings. The second-order valence-electron chi connectivity index (χ2n) is 5.77. The highest BCUT2D eigenvalue weighted by Gasteiger charge is 2.29.